The molecule has 55 heavy (non-hydrogen) atoms. The van der Waals surface area contributed by atoms with Crippen molar-refractivity contribution in [3.05, 3.63) is 210 Å². The normalized spacial score (nSPS) is 12.8. The van der Waals surface area contributed by atoms with E-state index in [4.69, 9.17) is 4.42 Å². The Hall–Kier alpha value is -6.97. The Balaban J connectivity index is 1.16. The van der Waals surface area contributed by atoms with Crippen molar-refractivity contribution in [1.82, 2.24) is 0 Å². The Morgan fingerprint density at radius 1 is 0.418 bits per heavy atom. The maximum Gasteiger partial charge on any atom is 0.344 e. The number of anilines is 3. The van der Waals surface area contributed by atoms with Gasteiger partial charge in [-0.1, -0.05) is 153 Å². The van der Waals surface area contributed by atoms with Crippen LogP contribution in [0, 0.1) is 0 Å². The van der Waals surface area contributed by atoms with E-state index in [9.17, 15) is 4.79 Å². The number of hydrogen-bond donors (Lipinski definition) is 0. The van der Waals surface area contributed by atoms with Gasteiger partial charge >= 0.3 is 5.63 Å². The summed E-state index contributed by atoms with van der Waals surface area (Å²) >= 11 is 0. The highest BCUT2D eigenvalue weighted by Gasteiger charge is 2.36. The molecule has 10 rings (SSSR count). The summed E-state index contributed by atoms with van der Waals surface area (Å²) in [4.78, 5) is 15.1. The minimum Gasteiger partial charge on any atom is -0.422 e. The molecule has 0 radical (unpaired) electrons. The number of hydrogen-bond acceptors (Lipinski definition) is 3. The molecule has 0 atom stereocenters. The summed E-state index contributed by atoms with van der Waals surface area (Å²) in [6, 6.07) is 66.4. The van der Waals surface area contributed by atoms with Crippen molar-refractivity contribution in [2.24, 2.45) is 0 Å². The lowest BCUT2D eigenvalue weighted by Crippen LogP contribution is -2.17. The largest absolute Gasteiger partial charge is 0.422 e. The molecule has 0 bridgehead atoms. The van der Waals surface area contributed by atoms with E-state index >= 15 is 0 Å². The lowest BCUT2D eigenvalue weighted by Gasteiger charge is -2.30. The molecular weight excluding hydrogens is 671 g/mol. The first-order chi connectivity index (χ1) is 26.9. The van der Waals surface area contributed by atoms with Gasteiger partial charge in [0.25, 0.3) is 0 Å². The molecule has 0 aliphatic heterocycles. The van der Waals surface area contributed by atoms with Crippen molar-refractivity contribution in [1.29, 1.82) is 0 Å². The van der Waals surface area contributed by atoms with Crippen LogP contribution >= 0.6 is 0 Å². The molecule has 0 unspecified atom stereocenters. The molecule has 1 aliphatic carbocycles. The molecule has 9 aromatic rings. The second-order valence-electron chi connectivity index (χ2n) is 14.9. The van der Waals surface area contributed by atoms with E-state index in [1.807, 2.05) is 36.4 Å². The second kappa shape index (κ2) is 12.9. The SMILES string of the molecule is CC1(C)c2ccccc2-c2ccc(N(c3ccc(-c4ccc5oc(=O)c6ccccc6c5c4)cc3)c3cc(-c4ccccc4)ccc3-c3ccccc3)cc21. The summed E-state index contributed by atoms with van der Waals surface area (Å²) in [5.74, 6) is 0. The van der Waals surface area contributed by atoms with Crippen LogP contribution in [-0.4, -0.2) is 0 Å². The van der Waals surface area contributed by atoms with Crippen molar-refractivity contribution >= 4 is 38.8 Å². The molecule has 1 heterocycles. The van der Waals surface area contributed by atoms with Gasteiger partial charge in [0.2, 0.25) is 0 Å². The number of nitrogens with zero attached hydrogens (tertiary/aromatic N) is 1. The number of benzene rings is 8. The van der Waals surface area contributed by atoms with Crippen LogP contribution < -0.4 is 10.5 Å². The standard InChI is InChI=1S/C52H37NO2/c1-52(2)47-20-12-11-18-43(47)44-29-27-40(33-48(44)52)53(49-32-38(34-13-5-3-6-14-34)23-28-41(49)36-15-7-4-8-16-36)39-25-21-35(22-26-39)37-24-30-50-46(31-37)42-17-9-10-19-45(42)51(54)55-50/h3-33H,1-2H3. The van der Waals surface area contributed by atoms with Gasteiger partial charge in [0.15, 0.2) is 0 Å². The molecule has 3 heteroatoms. The minimum atomic E-state index is -0.315. The van der Waals surface area contributed by atoms with Gasteiger partial charge in [-0.2, -0.15) is 0 Å². The van der Waals surface area contributed by atoms with Crippen LogP contribution in [0.3, 0.4) is 0 Å². The molecule has 0 saturated carbocycles. The number of rotatable bonds is 6. The molecule has 0 N–H and O–H groups in total. The Morgan fingerprint density at radius 3 is 1.76 bits per heavy atom. The average molecular weight is 708 g/mol. The maximum atomic E-state index is 12.7. The fraction of sp³-hybridized carbons (Fsp3) is 0.0577. The van der Waals surface area contributed by atoms with E-state index < -0.39 is 0 Å². The smallest absolute Gasteiger partial charge is 0.344 e. The van der Waals surface area contributed by atoms with Crippen LogP contribution in [0.15, 0.2) is 197 Å². The summed E-state index contributed by atoms with van der Waals surface area (Å²) in [5.41, 5.74) is 15.4. The molecule has 0 saturated heterocycles. The van der Waals surface area contributed by atoms with Gasteiger partial charge in [-0.05, 0) is 104 Å². The van der Waals surface area contributed by atoms with E-state index in [1.165, 1.54) is 27.8 Å². The van der Waals surface area contributed by atoms with Crippen molar-refractivity contribution in [2.45, 2.75) is 19.3 Å². The lowest BCUT2D eigenvalue weighted by molar-refractivity contribution is 0.569. The summed E-state index contributed by atoms with van der Waals surface area (Å²) < 4.78 is 5.71. The van der Waals surface area contributed by atoms with Gasteiger partial charge < -0.3 is 9.32 Å². The van der Waals surface area contributed by atoms with Crippen LogP contribution in [0.4, 0.5) is 17.1 Å². The third kappa shape index (κ3) is 5.47. The molecule has 0 fully saturated rings. The number of fused-ring (bicyclic) bond motifs is 6. The third-order valence-electron chi connectivity index (χ3n) is 11.3. The van der Waals surface area contributed by atoms with E-state index in [0.29, 0.717) is 11.0 Å². The predicted octanol–water partition coefficient (Wildman–Crippen LogP) is 13.7. The topological polar surface area (TPSA) is 33.5 Å². The van der Waals surface area contributed by atoms with E-state index in [0.717, 1.165) is 55.7 Å². The molecule has 0 spiro atoms. The van der Waals surface area contributed by atoms with E-state index in [-0.39, 0.29) is 11.0 Å². The molecule has 3 nitrogen and oxygen atoms in total. The first kappa shape index (κ1) is 32.7. The first-order valence-electron chi connectivity index (χ1n) is 18.8. The van der Waals surface area contributed by atoms with Crippen LogP contribution in [0.5, 0.6) is 0 Å². The zero-order chi connectivity index (χ0) is 37.1. The third-order valence-corrected chi connectivity index (χ3v) is 11.3. The second-order valence-corrected chi connectivity index (χ2v) is 14.9. The Labute approximate surface area is 320 Å². The first-order valence-corrected chi connectivity index (χ1v) is 18.8. The quantitative estimate of drug-likeness (QED) is 0.127. The van der Waals surface area contributed by atoms with Gasteiger partial charge in [-0.3, -0.25) is 0 Å². The fourth-order valence-corrected chi connectivity index (χ4v) is 8.51. The van der Waals surface area contributed by atoms with Crippen LogP contribution in [0.1, 0.15) is 25.0 Å². The van der Waals surface area contributed by atoms with E-state index in [2.05, 4.69) is 170 Å². The molecule has 1 aliphatic rings. The summed E-state index contributed by atoms with van der Waals surface area (Å²) in [7, 11) is 0. The summed E-state index contributed by atoms with van der Waals surface area (Å²) in [6.07, 6.45) is 0. The Bertz CT molecular complexity index is 2960. The molecule has 8 aromatic carbocycles. The molecule has 0 amide bonds. The van der Waals surface area contributed by atoms with Crippen molar-refractivity contribution in [2.75, 3.05) is 4.90 Å². The maximum absolute atomic E-state index is 12.7. The highest BCUT2D eigenvalue weighted by molar-refractivity contribution is 6.05. The van der Waals surface area contributed by atoms with Gasteiger partial charge in [0.1, 0.15) is 5.58 Å². The highest BCUT2D eigenvalue weighted by Crippen LogP contribution is 2.51. The van der Waals surface area contributed by atoms with Crippen LogP contribution in [-0.2, 0) is 5.41 Å². The summed E-state index contributed by atoms with van der Waals surface area (Å²) in [5, 5.41) is 2.41. The molecule has 262 valence electrons. The van der Waals surface area contributed by atoms with Crippen molar-refractivity contribution in [3.8, 4) is 44.5 Å². The minimum absolute atomic E-state index is 0.148. The van der Waals surface area contributed by atoms with Crippen molar-refractivity contribution in [3.63, 3.8) is 0 Å². The van der Waals surface area contributed by atoms with Gasteiger partial charge in [-0.15, -0.1) is 0 Å². The average Bonchev–Trinajstić information content (AvgIpc) is 3.47. The van der Waals surface area contributed by atoms with Crippen molar-refractivity contribution < 1.29 is 4.42 Å². The molecule has 1 aromatic heterocycles. The summed E-state index contributed by atoms with van der Waals surface area (Å²) in [6.45, 7) is 4.67. The van der Waals surface area contributed by atoms with E-state index in [1.54, 1.807) is 0 Å². The monoisotopic (exact) mass is 707 g/mol. The lowest BCUT2D eigenvalue weighted by atomic mass is 9.82. The molecular formula is C52H37NO2. The zero-order valence-corrected chi connectivity index (χ0v) is 30.7. The van der Waals surface area contributed by atoms with Crippen LogP contribution in [0.2, 0.25) is 0 Å². The zero-order valence-electron chi connectivity index (χ0n) is 30.7. The highest BCUT2D eigenvalue weighted by atomic mass is 16.4. The predicted molar refractivity (Wildman–Crippen MR) is 229 cm³/mol. The van der Waals surface area contributed by atoms with Crippen LogP contribution in [0.25, 0.3) is 66.2 Å². The van der Waals surface area contributed by atoms with Gasteiger partial charge in [0.05, 0.1) is 11.1 Å². The van der Waals surface area contributed by atoms with Gasteiger partial charge in [0, 0.05) is 27.7 Å². The fourth-order valence-electron chi connectivity index (χ4n) is 8.51. The van der Waals surface area contributed by atoms with Gasteiger partial charge in [-0.25, -0.2) is 4.79 Å². The Morgan fingerprint density at radius 2 is 0.982 bits per heavy atom. The Kier molecular flexibility index (Phi) is 7.64.